The number of benzene rings is 2. The van der Waals surface area contributed by atoms with Crippen LogP contribution in [0.25, 0.3) is 0 Å². The van der Waals surface area contributed by atoms with Gasteiger partial charge in [0.15, 0.2) is 0 Å². The number of hydrogen-bond acceptors (Lipinski definition) is 3. The minimum absolute atomic E-state index is 0.108. The first-order valence-electron chi connectivity index (χ1n) is 6.07. The summed E-state index contributed by atoms with van der Waals surface area (Å²) in [5.41, 5.74) is 1.64. The van der Waals surface area contributed by atoms with E-state index >= 15 is 0 Å². The molecule has 0 aliphatic heterocycles. The van der Waals surface area contributed by atoms with Crippen molar-refractivity contribution in [3.8, 4) is 0 Å². The van der Waals surface area contributed by atoms with Crippen molar-refractivity contribution in [2.75, 3.05) is 11.9 Å². The molecule has 4 nitrogen and oxygen atoms in total. The topological polar surface area (TPSA) is 72.2 Å². The first kappa shape index (κ1) is 14.8. The van der Waals surface area contributed by atoms with Crippen LogP contribution >= 0.6 is 11.6 Å². The first-order chi connectivity index (χ1) is 9.47. The van der Waals surface area contributed by atoms with Crippen molar-refractivity contribution < 1.29 is 8.42 Å². The van der Waals surface area contributed by atoms with Gasteiger partial charge in [0.25, 0.3) is 0 Å². The van der Waals surface area contributed by atoms with E-state index < -0.39 is 10.0 Å². The Morgan fingerprint density at radius 1 is 1.05 bits per heavy atom. The van der Waals surface area contributed by atoms with Crippen LogP contribution in [-0.4, -0.2) is 15.0 Å². The summed E-state index contributed by atoms with van der Waals surface area (Å²) in [6.07, 6.45) is 0.760. The molecule has 0 spiro atoms. The van der Waals surface area contributed by atoms with Gasteiger partial charge < -0.3 is 5.32 Å². The average Bonchev–Trinajstić information content (AvgIpc) is 2.40. The third-order valence-corrected chi connectivity index (χ3v) is 4.06. The fourth-order valence-corrected chi connectivity index (χ4v) is 2.69. The molecule has 2 rings (SSSR count). The third-order valence-electron chi connectivity index (χ3n) is 2.84. The van der Waals surface area contributed by atoms with Crippen LogP contribution in [0.15, 0.2) is 53.4 Å². The van der Waals surface area contributed by atoms with Gasteiger partial charge in [0.2, 0.25) is 10.0 Å². The normalized spacial score (nSPS) is 11.3. The van der Waals surface area contributed by atoms with Crippen molar-refractivity contribution in [3.05, 3.63) is 59.1 Å². The van der Waals surface area contributed by atoms with Crippen LogP contribution in [0.2, 0.25) is 5.02 Å². The Balaban J connectivity index is 2.03. The highest BCUT2D eigenvalue weighted by Crippen LogP contribution is 2.19. The molecule has 3 N–H and O–H groups in total. The maximum Gasteiger partial charge on any atom is 0.240 e. The van der Waals surface area contributed by atoms with Crippen LogP contribution in [0.1, 0.15) is 5.56 Å². The van der Waals surface area contributed by atoms with Crippen LogP contribution < -0.4 is 10.5 Å². The van der Waals surface area contributed by atoms with Crippen LogP contribution in [0, 0.1) is 0 Å². The first-order valence-corrected chi connectivity index (χ1v) is 7.99. The second kappa shape index (κ2) is 6.26. The van der Waals surface area contributed by atoms with E-state index in [9.17, 15) is 8.42 Å². The fourth-order valence-electron chi connectivity index (χ4n) is 1.85. The molecule has 106 valence electrons. The van der Waals surface area contributed by atoms with Gasteiger partial charge >= 0.3 is 0 Å². The van der Waals surface area contributed by atoms with Crippen molar-refractivity contribution in [2.24, 2.45) is 5.14 Å². The van der Waals surface area contributed by atoms with E-state index in [2.05, 4.69) is 5.32 Å². The van der Waals surface area contributed by atoms with Crippen LogP contribution in [0.3, 0.4) is 0 Å². The Kier molecular flexibility index (Phi) is 4.65. The Morgan fingerprint density at radius 3 is 2.35 bits per heavy atom. The molecule has 6 heteroatoms. The van der Waals surface area contributed by atoms with Crippen molar-refractivity contribution in [1.82, 2.24) is 0 Å². The van der Waals surface area contributed by atoms with E-state index in [0.717, 1.165) is 12.0 Å². The molecule has 2 aromatic carbocycles. The summed E-state index contributed by atoms with van der Waals surface area (Å²) in [6, 6.07) is 14.1. The van der Waals surface area contributed by atoms with Gasteiger partial charge in [-0.2, -0.15) is 0 Å². The van der Waals surface area contributed by atoms with E-state index in [4.69, 9.17) is 16.7 Å². The molecule has 0 saturated carbocycles. The SMILES string of the molecule is NS(=O)(=O)c1ccccc1NCCc1ccc(Cl)cc1. The van der Waals surface area contributed by atoms with Gasteiger partial charge in [0, 0.05) is 11.6 Å². The number of primary sulfonamides is 1. The summed E-state index contributed by atoms with van der Waals surface area (Å²) in [7, 11) is -3.71. The van der Waals surface area contributed by atoms with E-state index in [1.807, 2.05) is 24.3 Å². The highest BCUT2D eigenvalue weighted by molar-refractivity contribution is 7.89. The zero-order valence-electron chi connectivity index (χ0n) is 10.7. The number of anilines is 1. The molecule has 2 aromatic rings. The van der Waals surface area contributed by atoms with Crippen LogP contribution in [0.4, 0.5) is 5.69 Å². The van der Waals surface area contributed by atoms with Gasteiger partial charge in [-0.3, -0.25) is 0 Å². The number of halogens is 1. The summed E-state index contributed by atoms with van der Waals surface area (Å²) < 4.78 is 22.9. The molecular formula is C14H15ClN2O2S. The number of nitrogens with one attached hydrogen (secondary N) is 1. The number of para-hydroxylation sites is 1. The summed E-state index contributed by atoms with van der Waals surface area (Å²) >= 11 is 5.82. The standard InChI is InChI=1S/C14H15ClN2O2S/c15-12-7-5-11(6-8-12)9-10-17-13-3-1-2-4-14(13)20(16,18)19/h1-8,17H,9-10H2,(H2,16,18,19). The number of rotatable bonds is 5. The van der Waals surface area contributed by atoms with Gasteiger partial charge in [0.05, 0.1) is 5.69 Å². The molecule has 0 fully saturated rings. The molecule has 0 heterocycles. The van der Waals surface area contributed by atoms with Crippen molar-refractivity contribution in [1.29, 1.82) is 0 Å². The van der Waals surface area contributed by atoms with E-state index in [1.165, 1.54) is 6.07 Å². The molecule has 20 heavy (non-hydrogen) atoms. The van der Waals surface area contributed by atoms with Crippen molar-refractivity contribution in [2.45, 2.75) is 11.3 Å². The Labute approximate surface area is 123 Å². The van der Waals surface area contributed by atoms with Crippen molar-refractivity contribution >= 4 is 27.3 Å². The molecule has 0 saturated heterocycles. The number of sulfonamides is 1. The molecule has 0 aliphatic rings. The fraction of sp³-hybridized carbons (Fsp3) is 0.143. The van der Waals surface area contributed by atoms with Gasteiger partial charge in [0.1, 0.15) is 4.90 Å². The second-order valence-corrected chi connectivity index (χ2v) is 6.31. The van der Waals surface area contributed by atoms with E-state index in [0.29, 0.717) is 17.3 Å². The molecule has 0 atom stereocenters. The molecular weight excluding hydrogens is 296 g/mol. The van der Waals surface area contributed by atoms with Gasteiger partial charge in [-0.05, 0) is 36.2 Å². The summed E-state index contributed by atoms with van der Waals surface area (Å²) in [5, 5.41) is 8.96. The molecule has 0 unspecified atom stereocenters. The minimum Gasteiger partial charge on any atom is -0.384 e. The molecule has 0 aliphatic carbocycles. The molecule has 0 bridgehead atoms. The van der Waals surface area contributed by atoms with E-state index in [1.54, 1.807) is 18.2 Å². The Bertz CT molecular complexity index is 685. The van der Waals surface area contributed by atoms with Crippen LogP contribution in [-0.2, 0) is 16.4 Å². The number of hydrogen-bond donors (Lipinski definition) is 2. The second-order valence-electron chi connectivity index (χ2n) is 4.34. The highest BCUT2D eigenvalue weighted by Gasteiger charge is 2.12. The van der Waals surface area contributed by atoms with Crippen molar-refractivity contribution in [3.63, 3.8) is 0 Å². The third kappa shape index (κ3) is 3.96. The smallest absolute Gasteiger partial charge is 0.240 e. The summed E-state index contributed by atoms with van der Waals surface area (Å²) in [5.74, 6) is 0. The Morgan fingerprint density at radius 2 is 1.70 bits per heavy atom. The lowest BCUT2D eigenvalue weighted by molar-refractivity contribution is 0.598. The lowest BCUT2D eigenvalue weighted by Gasteiger charge is -2.10. The maximum absolute atomic E-state index is 11.4. The maximum atomic E-state index is 11.4. The van der Waals surface area contributed by atoms with Gasteiger partial charge in [-0.25, -0.2) is 13.6 Å². The van der Waals surface area contributed by atoms with Gasteiger partial charge in [-0.1, -0.05) is 35.9 Å². The summed E-state index contributed by atoms with van der Waals surface area (Å²) in [4.78, 5) is 0.108. The molecule has 0 radical (unpaired) electrons. The largest absolute Gasteiger partial charge is 0.384 e. The van der Waals surface area contributed by atoms with Crippen LogP contribution in [0.5, 0.6) is 0 Å². The summed E-state index contributed by atoms with van der Waals surface area (Å²) in [6.45, 7) is 0.605. The molecule has 0 aromatic heterocycles. The number of nitrogens with two attached hydrogens (primary N) is 1. The average molecular weight is 311 g/mol. The minimum atomic E-state index is -3.71. The zero-order valence-corrected chi connectivity index (χ0v) is 12.3. The lowest BCUT2D eigenvalue weighted by atomic mass is 10.1. The monoisotopic (exact) mass is 310 g/mol. The predicted octanol–water partition coefficient (Wildman–Crippen LogP) is 2.64. The molecule has 0 amide bonds. The quantitative estimate of drug-likeness (QED) is 0.891. The Hall–Kier alpha value is -1.56. The van der Waals surface area contributed by atoms with E-state index in [-0.39, 0.29) is 4.90 Å². The highest BCUT2D eigenvalue weighted by atomic mass is 35.5. The zero-order chi connectivity index (χ0) is 14.6. The van der Waals surface area contributed by atoms with Gasteiger partial charge in [-0.15, -0.1) is 0 Å². The predicted molar refractivity (Wildman–Crippen MR) is 81.5 cm³/mol. The lowest BCUT2D eigenvalue weighted by Crippen LogP contribution is -2.15.